The fraction of sp³-hybridized carbons (Fsp3) is 0.923. The van der Waals surface area contributed by atoms with Crippen LogP contribution >= 0.6 is 0 Å². The first-order valence-corrected chi connectivity index (χ1v) is 6.92. The lowest BCUT2D eigenvalue weighted by molar-refractivity contribution is 0.194. The van der Waals surface area contributed by atoms with Crippen LogP contribution in [0.3, 0.4) is 0 Å². The van der Waals surface area contributed by atoms with Crippen LogP contribution in [0, 0.1) is 5.92 Å². The molecular formula is C13H27N3O2. The Morgan fingerprint density at radius 3 is 2.89 bits per heavy atom. The molecule has 1 aliphatic heterocycles. The highest BCUT2D eigenvalue weighted by Gasteiger charge is 2.25. The van der Waals surface area contributed by atoms with Crippen molar-refractivity contribution in [3.8, 4) is 0 Å². The smallest absolute Gasteiger partial charge is 0.317 e. The van der Waals surface area contributed by atoms with Crippen LogP contribution in [0.5, 0.6) is 0 Å². The van der Waals surface area contributed by atoms with Gasteiger partial charge in [-0.25, -0.2) is 4.79 Å². The fourth-order valence-corrected chi connectivity index (χ4v) is 2.15. The molecule has 0 bridgehead atoms. The van der Waals surface area contributed by atoms with Crippen molar-refractivity contribution in [3.63, 3.8) is 0 Å². The Hall–Kier alpha value is -0.810. The molecule has 1 heterocycles. The van der Waals surface area contributed by atoms with Gasteiger partial charge in [-0.2, -0.15) is 0 Å². The summed E-state index contributed by atoms with van der Waals surface area (Å²) in [5.41, 5.74) is 0. The van der Waals surface area contributed by atoms with Gasteiger partial charge in [0.25, 0.3) is 0 Å². The summed E-state index contributed by atoms with van der Waals surface area (Å²) in [4.78, 5) is 15.9. The van der Waals surface area contributed by atoms with E-state index in [9.17, 15) is 4.79 Å². The van der Waals surface area contributed by atoms with Gasteiger partial charge in [0.1, 0.15) is 0 Å². The second-order valence-electron chi connectivity index (χ2n) is 5.25. The minimum atomic E-state index is 0.00324. The van der Waals surface area contributed by atoms with Crippen molar-refractivity contribution in [2.45, 2.75) is 32.7 Å². The molecule has 0 radical (unpaired) electrons. The van der Waals surface area contributed by atoms with E-state index in [1.807, 2.05) is 0 Å². The maximum Gasteiger partial charge on any atom is 0.317 e. The minimum absolute atomic E-state index is 0.00324. The molecule has 1 rings (SSSR count). The topological polar surface area (TPSA) is 55.8 Å². The normalized spacial score (nSPS) is 21.4. The molecule has 1 saturated heterocycles. The summed E-state index contributed by atoms with van der Waals surface area (Å²) >= 11 is 0. The lowest BCUT2D eigenvalue weighted by Crippen LogP contribution is -2.42. The summed E-state index contributed by atoms with van der Waals surface area (Å²) in [6.45, 7) is 7.54. The van der Waals surface area contributed by atoms with Gasteiger partial charge in [0.15, 0.2) is 0 Å². The third kappa shape index (κ3) is 4.46. The lowest BCUT2D eigenvalue weighted by atomic mass is 10.1. The second-order valence-corrected chi connectivity index (χ2v) is 5.25. The molecule has 2 atom stereocenters. The summed E-state index contributed by atoms with van der Waals surface area (Å²) < 4.78 is 0. The Kier molecular flexibility index (Phi) is 6.43. The van der Waals surface area contributed by atoms with Crippen molar-refractivity contribution in [1.82, 2.24) is 15.1 Å². The van der Waals surface area contributed by atoms with Gasteiger partial charge in [0.2, 0.25) is 0 Å². The number of nitrogens with zero attached hydrogens (tertiary/aromatic N) is 2. The number of likely N-dealkylation sites (tertiary alicyclic amines) is 1. The maximum atomic E-state index is 11.8. The number of aliphatic hydroxyl groups is 1. The van der Waals surface area contributed by atoms with Gasteiger partial charge in [0, 0.05) is 44.7 Å². The van der Waals surface area contributed by atoms with Crippen LogP contribution in [0.1, 0.15) is 26.7 Å². The number of carbonyl (C=O) groups is 1. The van der Waals surface area contributed by atoms with Crippen molar-refractivity contribution >= 4 is 6.03 Å². The van der Waals surface area contributed by atoms with Crippen molar-refractivity contribution in [1.29, 1.82) is 0 Å². The van der Waals surface area contributed by atoms with Crippen molar-refractivity contribution < 1.29 is 9.90 Å². The van der Waals surface area contributed by atoms with E-state index in [0.717, 1.165) is 25.9 Å². The third-order valence-corrected chi connectivity index (χ3v) is 3.92. The predicted octanol–water partition coefficient (Wildman–Crippen LogP) is 0.741. The number of likely N-dealkylation sites (N-methyl/N-ethyl adjacent to an activating group) is 1. The highest BCUT2D eigenvalue weighted by molar-refractivity contribution is 5.74. The molecule has 5 nitrogen and oxygen atoms in total. The van der Waals surface area contributed by atoms with Crippen LogP contribution in [-0.2, 0) is 0 Å². The monoisotopic (exact) mass is 257 g/mol. The zero-order valence-electron chi connectivity index (χ0n) is 11.9. The summed E-state index contributed by atoms with van der Waals surface area (Å²) in [5.74, 6) is 0.263. The molecule has 0 aromatic rings. The van der Waals surface area contributed by atoms with Crippen LogP contribution < -0.4 is 5.32 Å². The van der Waals surface area contributed by atoms with E-state index in [1.165, 1.54) is 0 Å². The summed E-state index contributed by atoms with van der Waals surface area (Å²) in [6.07, 6.45) is 2.03. The second kappa shape index (κ2) is 7.59. The fourth-order valence-electron chi connectivity index (χ4n) is 2.15. The minimum Gasteiger partial charge on any atom is -0.396 e. The molecule has 0 saturated carbocycles. The number of hydrogen-bond donors (Lipinski definition) is 2. The maximum absolute atomic E-state index is 11.8. The molecule has 2 unspecified atom stereocenters. The molecule has 0 spiro atoms. The Morgan fingerprint density at radius 2 is 2.33 bits per heavy atom. The molecule has 2 amide bonds. The quantitative estimate of drug-likeness (QED) is 0.738. The van der Waals surface area contributed by atoms with Crippen LogP contribution in [0.2, 0.25) is 0 Å². The molecule has 2 N–H and O–H groups in total. The number of amides is 2. The Labute approximate surface area is 110 Å². The first-order valence-electron chi connectivity index (χ1n) is 6.92. The predicted molar refractivity (Wildman–Crippen MR) is 72.5 cm³/mol. The van der Waals surface area contributed by atoms with Gasteiger partial charge in [-0.15, -0.1) is 0 Å². The van der Waals surface area contributed by atoms with E-state index >= 15 is 0 Å². The number of rotatable bonds is 6. The average Bonchev–Trinajstić information content (AvgIpc) is 2.86. The zero-order chi connectivity index (χ0) is 13.5. The van der Waals surface area contributed by atoms with Crippen molar-refractivity contribution in [3.05, 3.63) is 0 Å². The first kappa shape index (κ1) is 15.2. The van der Waals surface area contributed by atoms with E-state index < -0.39 is 0 Å². The van der Waals surface area contributed by atoms with Gasteiger partial charge in [0.05, 0.1) is 0 Å². The first-order chi connectivity index (χ1) is 8.58. The van der Waals surface area contributed by atoms with Crippen molar-refractivity contribution in [2.24, 2.45) is 5.92 Å². The van der Waals surface area contributed by atoms with Gasteiger partial charge < -0.3 is 20.2 Å². The summed E-state index contributed by atoms with van der Waals surface area (Å²) in [5, 5.41) is 12.0. The molecule has 1 fully saturated rings. The Morgan fingerprint density at radius 1 is 1.61 bits per heavy atom. The number of carbonyl (C=O) groups excluding carboxylic acids is 1. The van der Waals surface area contributed by atoms with E-state index in [-0.39, 0.29) is 18.6 Å². The highest BCUT2D eigenvalue weighted by Crippen LogP contribution is 2.14. The molecular weight excluding hydrogens is 230 g/mol. The molecule has 0 aromatic heterocycles. The third-order valence-electron chi connectivity index (χ3n) is 3.92. The highest BCUT2D eigenvalue weighted by atomic mass is 16.3. The van der Waals surface area contributed by atoms with Crippen molar-refractivity contribution in [2.75, 3.05) is 39.8 Å². The van der Waals surface area contributed by atoms with Gasteiger partial charge in [-0.05, 0) is 26.8 Å². The van der Waals surface area contributed by atoms with Gasteiger partial charge in [-0.1, -0.05) is 6.92 Å². The van der Waals surface area contributed by atoms with Gasteiger partial charge >= 0.3 is 6.03 Å². The summed E-state index contributed by atoms with van der Waals surface area (Å²) in [6, 6.07) is 0.552. The van der Waals surface area contributed by atoms with E-state index in [0.29, 0.717) is 19.1 Å². The Balaban J connectivity index is 2.18. The molecule has 5 heteroatoms. The molecule has 1 aliphatic rings. The molecule has 0 aliphatic carbocycles. The molecule has 0 aromatic carbocycles. The molecule has 18 heavy (non-hydrogen) atoms. The standard InChI is InChI=1S/C13H27N3O2/c1-4-11(2)15(3)8-6-14-13(18)16-7-5-12(9-16)10-17/h11-12,17H,4-10H2,1-3H3,(H,14,18). The van der Waals surface area contributed by atoms with Gasteiger partial charge in [-0.3, -0.25) is 0 Å². The van der Waals surface area contributed by atoms with Crippen LogP contribution in [0.15, 0.2) is 0 Å². The number of hydrogen-bond acceptors (Lipinski definition) is 3. The van der Waals surface area contributed by atoms with Crippen LogP contribution in [-0.4, -0.2) is 66.8 Å². The molecule has 106 valence electrons. The van der Waals surface area contributed by atoms with Crippen LogP contribution in [0.4, 0.5) is 4.79 Å². The summed E-state index contributed by atoms with van der Waals surface area (Å²) in [7, 11) is 2.08. The average molecular weight is 257 g/mol. The number of urea groups is 1. The Bertz CT molecular complexity index is 261. The number of nitrogens with one attached hydrogen (secondary N) is 1. The SMILES string of the molecule is CCC(C)N(C)CCNC(=O)N1CCC(CO)C1. The number of aliphatic hydroxyl groups excluding tert-OH is 1. The van der Waals surface area contributed by atoms with E-state index in [2.05, 4.69) is 31.1 Å². The van der Waals surface area contributed by atoms with E-state index in [4.69, 9.17) is 5.11 Å². The lowest BCUT2D eigenvalue weighted by Gasteiger charge is -2.24. The zero-order valence-corrected chi connectivity index (χ0v) is 11.9. The van der Waals surface area contributed by atoms with E-state index in [1.54, 1.807) is 4.90 Å². The van der Waals surface area contributed by atoms with Crippen LogP contribution in [0.25, 0.3) is 0 Å². The largest absolute Gasteiger partial charge is 0.396 e.